The van der Waals surface area contributed by atoms with Crippen molar-refractivity contribution in [3.05, 3.63) is 15.6 Å². The minimum Gasteiger partial charge on any atom is -0.328 e. The summed E-state index contributed by atoms with van der Waals surface area (Å²) in [5.74, 6) is 0.716. The highest BCUT2D eigenvalue weighted by Crippen LogP contribution is 2.40. The van der Waals surface area contributed by atoms with Gasteiger partial charge in [-0.15, -0.1) is 11.3 Å². The van der Waals surface area contributed by atoms with Crippen LogP contribution in [0.3, 0.4) is 0 Å². The third kappa shape index (κ3) is 1.63. The summed E-state index contributed by atoms with van der Waals surface area (Å²) in [5, 5.41) is 1.27. The molecule has 1 fully saturated rings. The zero-order chi connectivity index (χ0) is 9.42. The number of hydrogen-bond donors (Lipinski definition) is 1. The summed E-state index contributed by atoms with van der Waals surface area (Å²) in [6.45, 7) is 4.28. The maximum absolute atomic E-state index is 5.78. The van der Waals surface area contributed by atoms with Crippen LogP contribution >= 0.6 is 11.3 Å². The van der Waals surface area contributed by atoms with Crippen LogP contribution in [0.2, 0.25) is 0 Å². The number of nitrogens with two attached hydrogens (primary N) is 1. The van der Waals surface area contributed by atoms with Gasteiger partial charge in [0, 0.05) is 10.9 Å². The van der Waals surface area contributed by atoms with Crippen molar-refractivity contribution in [1.82, 2.24) is 4.98 Å². The molecule has 1 saturated carbocycles. The van der Waals surface area contributed by atoms with E-state index in [2.05, 4.69) is 18.8 Å². The maximum atomic E-state index is 5.78. The van der Waals surface area contributed by atoms with E-state index in [-0.39, 0.29) is 0 Å². The molecule has 2 N–H and O–H groups in total. The second-order valence-electron chi connectivity index (χ2n) is 3.84. The fraction of sp³-hybridized carbons (Fsp3) is 0.700. The van der Waals surface area contributed by atoms with Gasteiger partial charge in [-0.05, 0) is 32.1 Å². The molecule has 0 saturated heterocycles. The molecule has 1 heterocycles. The number of aromatic nitrogens is 1. The van der Waals surface area contributed by atoms with Crippen molar-refractivity contribution in [2.75, 3.05) is 0 Å². The number of hydrogen-bond acceptors (Lipinski definition) is 3. The number of rotatable bonds is 2. The number of aryl methyl sites for hydroxylation is 2. The highest BCUT2D eigenvalue weighted by Gasteiger charge is 2.30. The van der Waals surface area contributed by atoms with Gasteiger partial charge in [-0.2, -0.15) is 0 Å². The molecule has 3 heteroatoms. The molecule has 0 aromatic carbocycles. The Morgan fingerprint density at radius 1 is 1.54 bits per heavy atom. The lowest BCUT2D eigenvalue weighted by molar-refractivity contribution is 0.354. The molecule has 0 spiro atoms. The molecule has 0 bridgehead atoms. The molecule has 0 atom stereocenters. The summed E-state index contributed by atoms with van der Waals surface area (Å²) in [6, 6.07) is 0.441. The molecular weight excluding hydrogens is 180 g/mol. The van der Waals surface area contributed by atoms with Gasteiger partial charge in [-0.1, -0.05) is 6.92 Å². The fourth-order valence-electron chi connectivity index (χ4n) is 1.87. The Bertz CT molecular complexity index is 300. The normalized spacial score (nSPS) is 27.3. The van der Waals surface area contributed by atoms with E-state index in [0.717, 1.165) is 19.3 Å². The van der Waals surface area contributed by atoms with Gasteiger partial charge in [0.05, 0.1) is 10.7 Å². The maximum Gasteiger partial charge on any atom is 0.0928 e. The molecule has 72 valence electrons. The van der Waals surface area contributed by atoms with Crippen LogP contribution < -0.4 is 5.73 Å². The van der Waals surface area contributed by atoms with Crippen LogP contribution in [0.15, 0.2) is 0 Å². The van der Waals surface area contributed by atoms with Gasteiger partial charge in [0.25, 0.3) is 0 Å². The highest BCUT2D eigenvalue weighted by molar-refractivity contribution is 7.11. The molecule has 2 nitrogen and oxygen atoms in total. The van der Waals surface area contributed by atoms with Crippen molar-refractivity contribution >= 4 is 11.3 Å². The molecule has 1 aromatic rings. The van der Waals surface area contributed by atoms with Crippen molar-refractivity contribution in [2.45, 2.75) is 45.1 Å². The third-order valence-corrected chi connectivity index (χ3v) is 4.19. The van der Waals surface area contributed by atoms with Gasteiger partial charge in [0.2, 0.25) is 0 Å². The Kier molecular flexibility index (Phi) is 2.39. The molecule has 2 rings (SSSR count). The first-order valence-electron chi connectivity index (χ1n) is 4.92. The molecule has 1 aromatic heterocycles. The third-order valence-electron chi connectivity index (χ3n) is 2.72. The average Bonchev–Trinajstić information content (AvgIpc) is 2.41. The van der Waals surface area contributed by atoms with Crippen LogP contribution in [-0.4, -0.2) is 11.0 Å². The Morgan fingerprint density at radius 3 is 2.69 bits per heavy atom. The molecule has 1 aliphatic carbocycles. The first-order chi connectivity index (χ1) is 6.20. The largest absolute Gasteiger partial charge is 0.328 e. The predicted octanol–water partition coefficient (Wildman–Crippen LogP) is 2.22. The lowest BCUT2D eigenvalue weighted by Gasteiger charge is -2.31. The van der Waals surface area contributed by atoms with Gasteiger partial charge in [0.1, 0.15) is 0 Å². The topological polar surface area (TPSA) is 38.9 Å². The first-order valence-corrected chi connectivity index (χ1v) is 5.74. The van der Waals surface area contributed by atoms with Crippen molar-refractivity contribution in [3.8, 4) is 0 Å². The van der Waals surface area contributed by atoms with E-state index in [0.29, 0.717) is 12.0 Å². The van der Waals surface area contributed by atoms with Crippen molar-refractivity contribution in [1.29, 1.82) is 0 Å². The Hall–Kier alpha value is -0.410. The van der Waals surface area contributed by atoms with Crippen LogP contribution in [0.4, 0.5) is 0 Å². The minimum absolute atomic E-state index is 0.441. The smallest absolute Gasteiger partial charge is 0.0928 e. The van der Waals surface area contributed by atoms with E-state index in [1.54, 1.807) is 0 Å². The minimum atomic E-state index is 0.441. The van der Waals surface area contributed by atoms with E-state index in [1.807, 2.05) is 11.3 Å². The van der Waals surface area contributed by atoms with Gasteiger partial charge < -0.3 is 5.73 Å². The average molecular weight is 196 g/mol. The molecular formula is C10H16N2S. The van der Waals surface area contributed by atoms with E-state index >= 15 is 0 Å². The molecule has 13 heavy (non-hydrogen) atoms. The molecule has 0 unspecified atom stereocenters. The van der Waals surface area contributed by atoms with Crippen LogP contribution in [0.1, 0.15) is 41.3 Å². The van der Waals surface area contributed by atoms with Crippen LogP contribution in [-0.2, 0) is 6.42 Å². The number of nitrogens with zero attached hydrogens (tertiary/aromatic N) is 1. The monoisotopic (exact) mass is 196 g/mol. The van der Waals surface area contributed by atoms with E-state index in [1.165, 1.54) is 15.6 Å². The molecule has 0 amide bonds. The highest BCUT2D eigenvalue weighted by atomic mass is 32.1. The van der Waals surface area contributed by atoms with Gasteiger partial charge in [0.15, 0.2) is 0 Å². The van der Waals surface area contributed by atoms with Crippen LogP contribution in [0, 0.1) is 6.92 Å². The van der Waals surface area contributed by atoms with Crippen molar-refractivity contribution < 1.29 is 0 Å². The summed E-state index contributed by atoms with van der Waals surface area (Å²) >= 11 is 1.88. The second-order valence-corrected chi connectivity index (χ2v) is 4.95. The van der Waals surface area contributed by atoms with Crippen molar-refractivity contribution in [3.63, 3.8) is 0 Å². The van der Waals surface area contributed by atoms with E-state index in [4.69, 9.17) is 5.73 Å². The van der Waals surface area contributed by atoms with E-state index < -0.39 is 0 Å². The standard InChI is InChI=1S/C10H16N2S/c1-3-9-12-6(2)10(13-9)7-4-8(11)5-7/h7-8H,3-5,11H2,1-2H3. The van der Waals surface area contributed by atoms with Gasteiger partial charge in [-0.3, -0.25) is 0 Å². The Labute approximate surface area is 83.2 Å². The summed E-state index contributed by atoms with van der Waals surface area (Å²) < 4.78 is 0. The lowest BCUT2D eigenvalue weighted by atomic mass is 9.79. The second kappa shape index (κ2) is 3.39. The van der Waals surface area contributed by atoms with Gasteiger partial charge in [-0.25, -0.2) is 4.98 Å². The Morgan fingerprint density at radius 2 is 2.23 bits per heavy atom. The predicted molar refractivity (Wildman–Crippen MR) is 56.2 cm³/mol. The summed E-state index contributed by atoms with van der Waals surface area (Å²) in [7, 11) is 0. The van der Waals surface area contributed by atoms with Crippen LogP contribution in [0.5, 0.6) is 0 Å². The molecule has 0 aliphatic heterocycles. The van der Waals surface area contributed by atoms with Crippen molar-refractivity contribution in [2.24, 2.45) is 5.73 Å². The SMILES string of the molecule is CCc1nc(C)c(C2CC(N)C2)s1. The van der Waals surface area contributed by atoms with Crippen LogP contribution in [0.25, 0.3) is 0 Å². The molecule has 1 aliphatic rings. The quantitative estimate of drug-likeness (QED) is 0.787. The van der Waals surface area contributed by atoms with E-state index in [9.17, 15) is 0 Å². The lowest BCUT2D eigenvalue weighted by Crippen LogP contribution is -2.34. The first kappa shape index (κ1) is 9.16. The zero-order valence-electron chi connectivity index (χ0n) is 8.21. The van der Waals surface area contributed by atoms with Gasteiger partial charge >= 0.3 is 0 Å². The summed E-state index contributed by atoms with van der Waals surface area (Å²) in [6.07, 6.45) is 3.38. The fourth-order valence-corrected chi connectivity index (χ4v) is 3.00. The summed E-state index contributed by atoms with van der Waals surface area (Å²) in [4.78, 5) is 6.02. The summed E-state index contributed by atoms with van der Waals surface area (Å²) in [5.41, 5.74) is 7.01. The number of thiazole rings is 1. The zero-order valence-corrected chi connectivity index (χ0v) is 9.03. The molecule has 0 radical (unpaired) electrons. The Balaban J connectivity index is 2.15.